The van der Waals surface area contributed by atoms with Crippen LogP contribution in [0.15, 0.2) is 59.4 Å². The fourth-order valence-electron chi connectivity index (χ4n) is 3.07. The van der Waals surface area contributed by atoms with Crippen molar-refractivity contribution in [3.05, 3.63) is 70.5 Å². The van der Waals surface area contributed by atoms with Gasteiger partial charge in [-0.25, -0.2) is 4.98 Å². The molecule has 110 valence electrons. The van der Waals surface area contributed by atoms with E-state index in [1.807, 2.05) is 47.0 Å². The highest BCUT2D eigenvalue weighted by Crippen LogP contribution is 2.21. The van der Waals surface area contributed by atoms with Gasteiger partial charge in [0.2, 0.25) is 5.95 Å². The summed E-state index contributed by atoms with van der Waals surface area (Å²) in [5, 5.41) is 0.702. The molecule has 1 aromatic heterocycles. The fraction of sp³-hybridized carbons (Fsp3) is 0.222. The summed E-state index contributed by atoms with van der Waals surface area (Å²) in [6, 6.07) is 17.9. The molecule has 2 heterocycles. The Bertz CT molecular complexity index is 870. The lowest BCUT2D eigenvalue weighted by Crippen LogP contribution is -2.38. The maximum Gasteiger partial charge on any atom is 0.262 e. The van der Waals surface area contributed by atoms with Gasteiger partial charge in [-0.05, 0) is 24.1 Å². The molecule has 0 saturated heterocycles. The number of para-hydroxylation sites is 1. The molecule has 4 heteroatoms. The predicted octanol–water partition coefficient (Wildman–Crippen LogP) is 2.81. The van der Waals surface area contributed by atoms with Gasteiger partial charge in [-0.3, -0.25) is 9.36 Å². The molecule has 3 aromatic rings. The van der Waals surface area contributed by atoms with Crippen LogP contribution in [0.25, 0.3) is 10.9 Å². The zero-order valence-electron chi connectivity index (χ0n) is 12.3. The van der Waals surface area contributed by atoms with Crippen molar-refractivity contribution in [1.29, 1.82) is 0 Å². The van der Waals surface area contributed by atoms with Crippen LogP contribution in [0.4, 0.5) is 5.95 Å². The minimum atomic E-state index is 0.0679. The SMILES string of the molecule is O=c1c2ccccc2nc2n1CCCN2Cc1ccccc1. The zero-order chi connectivity index (χ0) is 14.9. The summed E-state index contributed by atoms with van der Waals surface area (Å²) in [6.07, 6.45) is 0.972. The van der Waals surface area contributed by atoms with E-state index in [1.165, 1.54) is 5.56 Å². The highest BCUT2D eigenvalue weighted by atomic mass is 16.1. The maximum absolute atomic E-state index is 12.7. The molecule has 0 aliphatic carbocycles. The molecule has 0 atom stereocenters. The first-order valence-corrected chi connectivity index (χ1v) is 7.61. The molecular weight excluding hydrogens is 274 g/mol. The van der Waals surface area contributed by atoms with Gasteiger partial charge in [0.05, 0.1) is 10.9 Å². The first-order chi connectivity index (χ1) is 10.8. The average Bonchev–Trinajstić information content (AvgIpc) is 2.57. The van der Waals surface area contributed by atoms with Crippen molar-refractivity contribution >= 4 is 16.9 Å². The molecule has 0 amide bonds. The lowest BCUT2D eigenvalue weighted by atomic mass is 10.2. The summed E-state index contributed by atoms with van der Waals surface area (Å²) in [5.74, 6) is 0.791. The molecule has 4 rings (SSSR count). The van der Waals surface area contributed by atoms with E-state index in [4.69, 9.17) is 4.98 Å². The summed E-state index contributed by atoms with van der Waals surface area (Å²) in [7, 11) is 0. The van der Waals surface area contributed by atoms with E-state index < -0.39 is 0 Å². The van der Waals surface area contributed by atoms with Crippen LogP contribution >= 0.6 is 0 Å². The molecule has 0 N–H and O–H groups in total. The van der Waals surface area contributed by atoms with E-state index in [-0.39, 0.29) is 5.56 Å². The van der Waals surface area contributed by atoms with Crippen LogP contribution in [-0.4, -0.2) is 16.1 Å². The summed E-state index contributed by atoms with van der Waals surface area (Å²) >= 11 is 0. The predicted molar refractivity (Wildman–Crippen MR) is 88.1 cm³/mol. The summed E-state index contributed by atoms with van der Waals surface area (Å²) in [5.41, 5.74) is 2.08. The quantitative estimate of drug-likeness (QED) is 0.728. The molecule has 0 saturated carbocycles. The topological polar surface area (TPSA) is 38.1 Å². The molecule has 22 heavy (non-hydrogen) atoms. The van der Waals surface area contributed by atoms with Gasteiger partial charge >= 0.3 is 0 Å². The Morgan fingerprint density at radius 2 is 1.73 bits per heavy atom. The smallest absolute Gasteiger partial charge is 0.262 e. The second kappa shape index (κ2) is 5.30. The highest BCUT2D eigenvalue weighted by molar-refractivity contribution is 5.78. The Balaban J connectivity index is 1.82. The first-order valence-electron chi connectivity index (χ1n) is 7.61. The zero-order valence-corrected chi connectivity index (χ0v) is 12.3. The lowest BCUT2D eigenvalue weighted by Gasteiger charge is -2.31. The van der Waals surface area contributed by atoms with E-state index in [0.717, 1.165) is 37.5 Å². The molecule has 1 aliphatic heterocycles. The van der Waals surface area contributed by atoms with Crippen LogP contribution in [0.5, 0.6) is 0 Å². The van der Waals surface area contributed by atoms with Gasteiger partial charge in [0, 0.05) is 19.6 Å². The average molecular weight is 291 g/mol. The standard InChI is InChI=1S/C18H17N3O/c22-17-15-9-4-5-10-16(15)19-18-20(11-6-12-21(17)18)13-14-7-2-1-3-8-14/h1-5,7-10H,6,11-13H2. The van der Waals surface area contributed by atoms with Crippen molar-refractivity contribution in [2.75, 3.05) is 11.4 Å². The largest absolute Gasteiger partial charge is 0.338 e. The summed E-state index contributed by atoms with van der Waals surface area (Å²) in [6.45, 7) is 2.46. The number of anilines is 1. The van der Waals surface area contributed by atoms with E-state index in [1.54, 1.807) is 0 Å². The summed E-state index contributed by atoms with van der Waals surface area (Å²) in [4.78, 5) is 19.6. The number of rotatable bonds is 2. The first kappa shape index (κ1) is 13.1. The number of hydrogen-bond donors (Lipinski definition) is 0. The van der Waals surface area contributed by atoms with Gasteiger partial charge in [0.1, 0.15) is 0 Å². The molecule has 1 aliphatic rings. The van der Waals surface area contributed by atoms with Crippen LogP contribution in [0.3, 0.4) is 0 Å². The Kier molecular flexibility index (Phi) is 3.15. The van der Waals surface area contributed by atoms with Gasteiger partial charge in [-0.2, -0.15) is 0 Å². The van der Waals surface area contributed by atoms with Crippen molar-refractivity contribution < 1.29 is 0 Å². The minimum absolute atomic E-state index is 0.0679. The van der Waals surface area contributed by atoms with Gasteiger partial charge in [0.15, 0.2) is 0 Å². The second-order valence-corrected chi connectivity index (χ2v) is 5.65. The Hall–Kier alpha value is -2.62. The number of fused-ring (bicyclic) bond motifs is 2. The fourth-order valence-corrected chi connectivity index (χ4v) is 3.07. The summed E-state index contributed by atoms with van der Waals surface area (Å²) < 4.78 is 1.81. The van der Waals surface area contributed by atoms with Gasteiger partial charge in [-0.15, -0.1) is 0 Å². The van der Waals surface area contributed by atoms with Crippen molar-refractivity contribution in [1.82, 2.24) is 9.55 Å². The lowest BCUT2D eigenvalue weighted by molar-refractivity contribution is 0.535. The van der Waals surface area contributed by atoms with Crippen LogP contribution in [-0.2, 0) is 13.1 Å². The van der Waals surface area contributed by atoms with E-state index in [2.05, 4.69) is 17.0 Å². The van der Waals surface area contributed by atoms with Crippen molar-refractivity contribution in [2.24, 2.45) is 0 Å². The van der Waals surface area contributed by atoms with Crippen LogP contribution < -0.4 is 10.5 Å². The Morgan fingerprint density at radius 3 is 2.59 bits per heavy atom. The highest BCUT2D eigenvalue weighted by Gasteiger charge is 2.20. The molecule has 0 bridgehead atoms. The third-order valence-corrected chi connectivity index (χ3v) is 4.15. The van der Waals surface area contributed by atoms with Crippen LogP contribution in [0.1, 0.15) is 12.0 Å². The Labute approximate surface area is 128 Å². The molecule has 4 nitrogen and oxygen atoms in total. The van der Waals surface area contributed by atoms with Crippen molar-refractivity contribution in [3.63, 3.8) is 0 Å². The normalized spacial score (nSPS) is 14.1. The molecule has 2 aromatic carbocycles. The van der Waals surface area contributed by atoms with Crippen molar-refractivity contribution in [3.8, 4) is 0 Å². The molecule has 0 spiro atoms. The number of hydrogen-bond acceptors (Lipinski definition) is 3. The molecule has 0 fully saturated rings. The molecular formula is C18H17N3O. The Morgan fingerprint density at radius 1 is 0.955 bits per heavy atom. The second-order valence-electron chi connectivity index (χ2n) is 5.65. The van der Waals surface area contributed by atoms with E-state index in [9.17, 15) is 4.79 Å². The molecule has 0 unspecified atom stereocenters. The van der Waals surface area contributed by atoms with E-state index in [0.29, 0.717) is 5.39 Å². The van der Waals surface area contributed by atoms with Gasteiger partial charge in [-0.1, -0.05) is 42.5 Å². The number of aromatic nitrogens is 2. The van der Waals surface area contributed by atoms with E-state index >= 15 is 0 Å². The molecule has 0 radical (unpaired) electrons. The van der Waals surface area contributed by atoms with Gasteiger partial charge < -0.3 is 4.90 Å². The third-order valence-electron chi connectivity index (χ3n) is 4.15. The number of nitrogens with zero attached hydrogens (tertiary/aromatic N) is 3. The van der Waals surface area contributed by atoms with Crippen molar-refractivity contribution in [2.45, 2.75) is 19.5 Å². The monoisotopic (exact) mass is 291 g/mol. The maximum atomic E-state index is 12.7. The van der Waals surface area contributed by atoms with Crippen LogP contribution in [0.2, 0.25) is 0 Å². The third kappa shape index (κ3) is 2.17. The number of benzene rings is 2. The minimum Gasteiger partial charge on any atom is -0.338 e. The van der Waals surface area contributed by atoms with Crippen LogP contribution in [0, 0.1) is 0 Å². The van der Waals surface area contributed by atoms with Gasteiger partial charge in [0.25, 0.3) is 5.56 Å².